The molecular formula is C21H30N2O4. The Kier molecular flexibility index (Phi) is 5.66. The zero-order valence-electron chi connectivity index (χ0n) is 16.2. The van der Waals surface area contributed by atoms with Gasteiger partial charge in [0, 0.05) is 31.8 Å². The molecule has 4 rings (SSSR count). The number of piperidine rings is 1. The third-order valence-corrected chi connectivity index (χ3v) is 6.12. The van der Waals surface area contributed by atoms with Gasteiger partial charge in [-0.3, -0.25) is 9.69 Å². The maximum atomic E-state index is 12.3. The first-order valence-electron chi connectivity index (χ1n) is 10.1. The molecule has 1 spiro atoms. The van der Waals surface area contributed by atoms with Crippen LogP contribution >= 0.6 is 0 Å². The standard InChI is InChI=1S/C21H30N2O4/c1-25-18-6-2-4-16-7-13-27-21(20(16)18)8-10-23(11-9-21)15-19(24)22-14-17-5-3-12-26-17/h2,4,6,17H,3,5,7-15H2,1H3,(H,22,24). The normalized spacial score (nSPS) is 24.6. The van der Waals surface area contributed by atoms with Gasteiger partial charge in [0.05, 0.1) is 32.0 Å². The Bertz CT molecular complexity index is 650. The van der Waals surface area contributed by atoms with Gasteiger partial charge >= 0.3 is 0 Å². The minimum atomic E-state index is -0.273. The molecule has 0 aliphatic carbocycles. The Morgan fingerprint density at radius 2 is 2.19 bits per heavy atom. The van der Waals surface area contributed by atoms with Crippen molar-refractivity contribution in [1.29, 1.82) is 0 Å². The first-order chi connectivity index (χ1) is 13.2. The van der Waals surface area contributed by atoms with Crippen molar-refractivity contribution in [1.82, 2.24) is 10.2 Å². The van der Waals surface area contributed by atoms with E-state index < -0.39 is 0 Å². The first kappa shape index (κ1) is 18.7. The van der Waals surface area contributed by atoms with E-state index in [1.54, 1.807) is 7.11 Å². The van der Waals surface area contributed by atoms with Gasteiger partial charge in [0.1, 0.15) is 5.75 Å². The van der Waals surface area contributed by atoms with Gasteiger partial charge in [-0.05, 0) is 43.7 Å². The van der Waals surface area contributed by atoms with Crippen LogP contribution in [0.4, 0.5) is 0 Å². The predicted octanol–water partition coefficient (Wildman–Crippen LogP) is 1.85. The largest absolute Gasteiger partial charge is 0.496 e. The zero-order valence-corrected chi connectivity index (χ0v) is 16.2. The van der Waals surface area contributed by atoms with Crippen molar-refractivity contribution >= 4 is 5.91 Å². The molecule has 1 aromatic carbocycles. The van der Waals surface area contributed by atoms with E-state index in [-0.39, 0.29) is 17.6 Å². The van der Waals surface area contributed by atoms with E-state index in [0.717, 1.165) is 64.2 Å². The molecule has 2 saturated heterocycles. The fourth-order valence-corrected chi connectivity index (χ4v) is 4.66. The van der Waals surface area contributed by atoms with Gasteiger partial charge in [0.2, 0.25) is 5.91 Å². The number of nitrogens with zero attached hydrogens (tertiary/aromatic N) is 1. The highest BCUT2D eigenvalue weighted by Gasteiger charge is 2.43. The van der Waals surface area contributed by atoms with Gasteiger partial charge in [-0.1, -0.05) is 12.1 Å². The smallest absolute Gasteiger partial charge is 0.234 e. The topological polar surface area (TPSA) is 60.0 Å². The summed E-state index contributed by atoms with van der Waals surface area (Å²) in [4.78, 5) is 14.5. The van der Waals surface area contributed by atoms with Gasteiger partial charge in [-0.2, -0.15) is 0 Å². The lowest BCUT2D eigenvalue weighted by molar-refractivity contribution is -0.126. The maximum absolute atomic E-state index is 12.3. The third-order valence-electron chi connectivity index (χ3n) is 6.12. The highest BCUT2D eigenvalue weighted by molar-refractivity contribution is 5.78. The minimum Gasteiger partial charge on any atom is -0.496 e. The molecule has 27 heavy (non-hydrogen) atoms. The van der Waals surface area contributed by atoms with Crippen molar-refractivity contribution in [3.63, 3.8) is 0 Å². The van der Waals surface area contributed by atoms with Crippen LogP contribution in [0, 0.1) is 0 Å². The molecule has 0 bridgehead atoms. The summed E-state index contributed by atoms with van der Waals surface area (Å²) < 4.78 is 17.5. The fourth-order valence-electron chi connectivity index (χ4n) is 4.66. The molecule has 1 amide bonds. The van der Waals surface area contributed by atoms with Gasteiger partial charge < -0.3 is 19.5 Å². The quantitative estimate of drug-likeness (QED) is 0.852. The highest BCUT2D eigenvalue weighted by Crippen LogP contribution is 2.45. The van der Waals surface area contributed by atoms with Crippen molar-refractivity contribution in [3.8, 4) is 5.75 Å². The highest BCUT2D eigenvalue weighted by atomic mass is 16.5. The minimum absolute atomic E-state index is 0.0870. The number of nitrogens with one attached hydrogen (secondary N) is 1. The number of ether oxygens (including phenoxy) is 3. The van der Waals surface area contributed by atoms with Gasteiger partial charge in [-0.25, -0.2) is 0 Å². The number of methoxy groups -OCH3 is 1. The summed E-state index contributed by atoms with van der Waals surface area (Å²) in [5, 5.41) is 3.02. The van der Waals surface area contributed by atoms with Crippen LogP contribution in [0.25, 0.3) is 0 Å². The number of carbonyl (C=O) groups excluding carboxylic acids is 1. The Morgan fingerprint density at radius 3 is 2.93 bits per heavy atom. The summed E-state index contributed by atoms with van der Waals surface area (Å²) in [6.07, 6.45) is 5.05. The van der Waals surface area contributed by atoms with E-state index in [4.69, 9.17) is 14.2 Å². The van der Waals surface area contributed by atoms with Crippen LogP contribution < -0.4 is 10.1 Å². The number of likely N-dealkylation sites (tertiary alicyclic amines) is 1. The van der Waals surface area contributed by atoms with E-state index >= 15 is 0 Å². The van der Waals surface area contributed by atoms with Crippen molar-refractivity contribution in [2.45, 2.75) is 43.8 Å². The summed E-state index contributed by atoms with van der Waals surface area (Å²) in [6, 6.07) is 6.28. The summed E-state index contributed by atoms with van der Waals surface area (Å²) in [7, 11) is 1.73. The Hall–Kier alpha value is -1.63. The van der Waals surface area contributed by atoms with Gasteiger partial charge in [0.15, 0.2) is 0 Å². The fraction of sp³-hybridized carbons (Fsp3) is 0.667. The molecule has 1 atom stereocenters. The van der Waals surface area contributed by atoms with Crippen molar-refractivity contribution in [3.05, 3.63) is 29.3 Å². The second kappa shape index (κ2) is 8.17. The average molecular weight is 374 g/mol. The molecule has 2 fully saturated rings. The van der Waals surface area contributed by atoms with E-state index in [2.05, 4.69) is 22.3 Å². The summed E-state index contributed by atoms with van der Waals surface area (Å²) >= 11 is 0. The monoisotopic (exact) mass is 374 g/mol. The van der Waals surface area contributed by atoms with Gasteiger partial charge in [-0.15, -0.1) is 0 Å². The van der Waals surface area contributed by atoms with Crippen molar-refractivity contribution < 1.29 is 19.0 Å². The Morgan fingerprint density at radius 1 is 1.33 bits per heavy atom. The Balaban J connectivity index is 1.35. The second-order valence-corrected chi connectivity index (χ2v) is 7.80. The SMILES string of the molecule is COc1cccc2c1C1(CCN(CC(=O)NCC3CCCO3)CC1)OCC2. The number of hydrogen-bond donors (Lipinski definition) is 1. The molecule has 3 heterocycles. The number of benzene rings is 1. The average Bonchev–Trinajstić information content (AvgIpc) is 3.22. The van der Waals surface area contributed by atoms with Crippen molar-refractivity contribution in [2.24, 2.45) is 0 Å². The lowest BCUT2D eigenvalue weighted by atomic mass is 9.79. The number of hydrogen-bond acceptors (Lipinski definition) is 5. The Labute approximate surface area is 161 Å². The lowest BCUT2D eigenvalue weighted by Crippen LogP contribution is -2.49. The molecule has 1 unspecified atom stereocenters. The van der Waals surface area contributed by atoms with E-state index in [1.165, 1.54) is 11.1 Å². The molecule has 3 aliphatic rings. The van der Waals surface area contributed by atoms with Crippen LogP contribution in [0.1, 0.15) is 36.8 Å². The summed E-state index contributed by atoms with van der Waals surface area (Å²) in [5.41, 5.74) is 2.29. The molecule has 0 saturated carbocycles. The summed E-state index contributed by atoms with van der Waals surface area (Å²) in [5.74, 6) is 1.01. The molecular weight excluding hydrogens is 344 g/mol. The zero-order chi connectivity index (χ0) is 18.7. The number of fused-ring (bicyclic) bond motifs is 2. The molecule has 3 aliphatic heterocycles. The van der Waals surface area contributed by atoms with Crippen molar-refractivity contribution in [2.75, 3.05) is 46.5 Å². The van der Waals surface area contributed by atoms with E-state index in [0.29, 0.717) is 13.1 Å². The summed E-state index contributed by atoms with van der Waals surface area (Å²) in [6.45, 7) is 4.35. The number of carbonyl (C=O) groups is 1. The van der Waals surface area contributed by atoms with E-state index in [1.807, 2.05) is 6.07 Å². The molecule has 0 radical (unpaired) electrons. The van der Waals surface area contributed by atoms with Crippen LogP contribution in [0.3, 0.4) is 0 Å². The maximum Gasteiger partial charge on any atom is 0.234 e. The molecule has 1 aromatic rings. The van der Waals surface area contributed by atoms with E-state index in [9.17, 15) is 4.79 Å². The van der Waals surface area contributed by atoms with Crippen LogP contribution in [-0.2, 0) is 26.3 Å². The molecule has 0 aromatic heterocycles. The molecule has 1 N–H and O–H groups in total. The molecule has 148 valence electrons. The molecule has 6 nitrogen and oxygen atoms in total. The number of rotatable bonds is 5. The van der Waals surface area contributed by atoms with Crippen LogP contribution in [0.5, 0.6) is 5.75 Å². The van der Waals surface area contributed by atoms with Crippen LogP contribution in [-0.4, -0.2) is 63.4 Å². The van der Waals surface area contributed by atoms with Gasteiger partial charge in [0.25, 0.3) is 0 Å². The predicted molar refractivity (Wildman–Crippen MR) is 102 cm³/mol. The first-order valence-corrected chi connectivity index (χ1v) is 10.1. The second-order valence-electron chi connectivity index (χ2n) is 7.80. The van der Waals surface area contributed by atoms with Crippen LogP contribution in [0.2, 0.25) is 0 Å². The number of amides is 1. The van der Waals surface area contributed by atoms with Crippen LogP contribution in [0.15, 0.2) is 18.2 Å². The lowest BCUT2D eigenvalue weighted by Gasteiger charge is -2.45. The third kappa shape index (κ3) is 3.98. The molecule has 6 heteroatoms.